The Bertz CT molecular complexity index is 1170. The summed E-state index contributed by atoms with van der Waals surface area (Å²) in [7, 11) is 0. The lowest BCUT2D eigenvalue weighted by Gasteiger charge is -2.18. The third-order valence-corrected chi connectivity index (χ3v) is 15.8. The molecule has 1 unspecified atom stereocenters. The Morgan fingerprint density at radius 1 is 0.253 bits per heavy atom. The van der Waals surface area contributed by atoms with E-state index in [1.807, 2.05) is 0 Å². The van der Waals surface area contributed by atoms with E-state index in [-0.39, 0.29) is 31.1 Å². The van der Waals surface area contributed by atoms with Gasteiger partial charge < -0.3 is 14.2 Å². The molecule has 0 saturated heterocycles. The van der Waals surface area contributed by atoms with Gasteiger partial charge in [-0.05, 0) is 44.9 Å². The highest BCUT2D eigenvalue weighted by molar-refractivity contribution is 5.71. The van der Waals surface area contributed by atoms with Crippen LogP contribution in [-0.2, 0) is 28.6 Å². The van der Waals surface area contributed by atoms with Crippen molar-refractivity contribution in [3.63, 3.8) is 0 Å². The zero-order valence-electron chi connectivity index (χ0n) is 51.1. The van der Waals surface area contributed by atoms with E-state index in [1.165, 1.54) is 295 Å². The average Bonchev–Trinajstić information content (AvgIpc) is 3.41. The van der Waals surface area contributed by atoms with E-state index in [4.69, 9.17) is 14.2 Å². The van der Waals surface area contributed by atoms with Crippen LogP contribution >= 0.6 is 0 Å². The number of esters is 3. The third-order valence-electron chi connectivity index (χ3n) is 15.8. The molecule has 0 radical (unpaired) electrons. The fraction of sp³-hybridized carbons (Fsp3) is 0.928. The lowest BCUT2D eigenvalue weighted by molar-refractivity contribution is -0.167. The summed E-state index contributed by atoms with van der Waals surface area (Å²) in [6.45, 7) is 6.73. The third kappa shape index (κ3) is 62.9. The average molecular weight is 1060 g/mol. The first-order valence-corrected chi connectivity index (χ1v) is 34.2. The van der Waals surface area contributed by atoms with Gasteiger partial charge in [0.05, 0.1) is 0 Å². The molecule has 0 aliphatic carbocycles. The van der Waals surface area contributed by atoms with Crippen LogP contribution in [0.1, 0.15) is 393 Å². The number of carbonyl (C=O) groups is 3. The number of carbonyl (C=O) groups excluding carboxylic acids is 3. The molecular weight excluding hydrogens is 925 g/mol. The summed E-state index contributed by atoms with van der Waals surface area (Å²) in [6.07, 6.45) is 76.6. The van der Waals surface area contributed by atoms with Crippen LogP contribution in [0.5, 0.6) is 0 Å². The monoisotopic (exact) mass is 1060 g/mol. The van der Waals surface area contributed by atoms with E-state index in [9.17, 15) is 14.4 Å². The van der Waals surface area contributed by atoms with Crippen molar-refractivity contribution in [2.45, 2.75) is 399 Å². The van der Waals surface area contributed by atoms with E-state index < -0.39 is 6.10 Å². The molecule has 0 aromatic rings. The van der Waals surface area contributed by atoms with Crippen molar-refractivity contribution >= 4 is 17.9 Å². The molecule has 0 spiro atoms. The lowest BCUT2D eigenvalue weighted by Crippen LogP contribution is -2.30. The Labute approximate surface area is 469 Å². The van der Waals surface area contributed by atoms with Crippen molar-refractivity contribution in [3.05, 3.63) is 12.2 Å². The first-order chi connectivity index (χ1) is 37.0. The first kappa shape index (κ1) is 73.2. The summed E-state index contributed by atoms with van der Waals surface area (Å²) in [6, 6.07) is 0. The van der Waals surface area contributed by atoms with E-state index in [0.29, 0.717) is 19.3 Å². The zero-order chi connectivity index (χ0) is 54.3. The lowest BCUT2D eigenvalue weighted by atomic mass is 10.0. The highest BCUT2D eigenvalue weighted by atomic mass is 16.6. The summed E-state index contributed by atoms with van der Waals surface area (Å²) < 4.78 is 17.0. The number of allylic oxidation sites excluding steroid dienone is 2. The molecule has 0 amide bonds. The molecule has 0 aliphatic rings. The number of hydrogen-bond acceptors (Lipinski definition) is 6. The number of ether oxygens (including phenoxy) is 3. The Morgan fingerprint density at radius 3 is 0.667 bits per heavy atom. The number of rotatable bonds is 64. The molecule has 1 atom stereocenters. The molecular formula is C69H132O6. The summed E-state index contributed by atoms with van der Waals surface area (Å²) in [4.78, 5) is 38.4. The second-order valence-electron chi connectivity index (χ2n) is 23.5. The van der Waals surface area contributed by atoms with Gasteiger partial charge >= 0.3 is 17.9 Å². The van der Waals surface area contributed by atoms with Gasteiger partial charge in [-0.15, -0.1) is 0 Å². The molecule has 0 aromatic carbocycles. The van der Waals surface area contributed by atoms with E-state index >= 15 is 0 Å². The quantitative estimate of drug-likeness (QED) is 0.0261. The smallest absolute Gasteiger partial charge is 0.306 e. The standard InChI is InChI=1S/C69H132O6/c1-4-7-10-13-16-19-22-25-28-30-31-32-33-34-35-36-37-39-41-44-47-50-53-56-59-62-68(71)74-65-66(64-73-67(70)61-58-55-52-49-46-43-40-27-24-21-18-15-12-9-6-3)75-69(72)63-60-57-54-51-48-45-42-38-29-26-23-20-17-14-11-8-5-2/h30-31,66H,4-29,32-65H2,1-3H3/b31-30-. The van der Waals surface area contributed by atoms with Crippen LogP contribution in [0.25, 0.3) is 0 Å². The minimum Gasteiger partial charge on any atom is -0.462 e. The van der Waals surface area contributed by atoms with E-state index in [2.05, 4.69) is 32.9 Å². The normalized spacial score (nSPS) is 12.0. The maximum absolute atomic E-state index is 12.9. The van der Waals surface area contributed by atoms with Crippen LogP contribution in [0.15, 0.2) is 12.2 Å². The first-order valence-electron chi connectivity index (χ1n) is 34.2. The van der Waals surface area contributed by atoms with Gasteiger partial charge in [0.25, 0.3) is 0 Å². The highest BCUT2D eigenvalue weighted by Crippen LogP contribution is 2.19. The number of unbranched alkanes of at least 4 members (excludes halogenated alkanes) is 51. The van der Waals surface area contributed by atoms with Crippen LogP contribution in [0.2, 0.25) is 0 Å². The molecule has 0 bridgehead atoms. The van der Waals surface area contributed by atoms with Gasteiger partial charge in [-0.3, -0.25) is 14.4 Å². The Balaban J connectivity index is 4.23. The van der Waals surface area contributed by atoms with Crippen molar-refractivity contribution in [3.8, 4) is 0 Å². The Hall–Kier alpha value is -1.85. The molecule has 0 fully saturated rings. The molecule has 6 nitrogen and oxygen atoms in total. The van der Waals surface area contributed by atoms with Gasteiger partial charge in [0.1, 0.15) is 13.2 Å². The van der Waals surface area contributed by atoms with Crippen LogP contribution in [0.4, 0.5) is 0 Å². The van der Waals surface area contributed by atoms with Crippen molar-refractivity contribution in [2.75, 3.05) is 13.2 Å². The van der Waals surface area contributed by atoms with Gasteiger partial charge in [0, 0.05) is 19.3 Å². The minimum atomic E-state index is -0.765. The molecule has 0 aromatic heterocycles. The fourth-order valence-electron chi connectivity index (χ4n) is 10.6. The fourth-order valence-corrected chi connectivity index (χ4v) is 10.6. The van der Waals surface area contributed by atoms with Crippen molar-refractivity contribution < 1.29 is 28.6 Å². The van der Waals surface area contributed by atoms with Gasteiger partial charge in [0.15, 0.2) is 6.10 Å². The van der Waals surface area contributed by atoms with Crippen LogP contribution in [0, 0.1) is 0 Å². The minimum absolute atomic E-state index is 0.0625. The van der Waals surface area contributed by atoms with Gasteiger partial charge in [0.2, 0.25) is 0 Å². The maximum Gasteiger partial charge on any atom is 0.306 e. The van der Waals surface area contributed by atoms with Gasteiger partial charge in [-0.2, -0.15) is 0 Å². The second kappa shape index (κ2) is 64.7. The van der Waals surface area contributed by atoms with E-state index in [1.54, 1.807) is 0 Å². The molecule has 0 heterocycles. The molecule has 0 aliphatic heterocycles. The predicted molar refractivity (Wildman–Crippen MR) is 326 cm³/mol. The summed E-state index contributed by atoms with van der Waals surface area (Å²) in [5.41, 5.74) is 0. The molecule has 444 valence electrons. The summed E-state index contributed by atoms with van der Waals surface area (Å²) >= 11 is 0. The predicted octanol–water partition coefficient (Wildman–Crippen LogP) is 23.2. The summed E-state index contributed by atoms with van der Waals surface area (Å²) in [5.74, 6) is -0.828. The zero-order valence-corrected chi connectivity index (χ0v) is 51.1. The highest BCUT2D eigenvalue weighted by Gasteiger charge is 2.19. The summed E-state index contributed by atoms with van der Waals surface area (Å²) in [5, 5.41) is 0. The largest absolute Gasteiger partial charge is 0.462 e. The van der Waals surface area contributed by atoms with Gasteiger partial charge in [-0.25, -0.2) is 0 Å². The Morgan fingerprint density at radius 2 is 0.440 bits per heavy atom. The van der Waals surface area contributed by atoms with Gasteiger partial charge in [-0.1, -0.05) is 341 Å². The molecule has 0 saturated carbocycles. The van der Waals surface area contributed by atoms with Crippen molar-refractivity contribution in [1.82, 2.24) is 0 Å². The van der Waals surface area contributed by atoms with Crippen molar-refractivity contribution in [1.29, 1.82) is 0 Å². The molecule has 75 heavy (non-hydrogen) atoms. The van der Waals surface area contributed by atoms with Crippen molar-refractivity contribution in [2.24, 2.45) is 0 Å². The van der Waals surface area contributed by atoms with Crippen LogP contribution in [0.3, 0.4) is 0 Å². The SMILES string of the molecule is CCCCCCCCCC/C=C\CCCCCCCCCCCCCCCC(=O)OCC(COC(=O)CCCCCCCCCCCCCCCCC)OC(=O)CCCCCCCCCCCCCCCCCCC. The molecule has 6 heteroatoms. The van der Waals surface area contributed by atoms with E-state index in [0.717, 1.165) is 57.8 Å². The molecule has 0 N–H and O–H groups in total. The molecule has 0 rings (SSSR count). The maximum atomic E-state index is 12.9. The Kier molecular flexibility index (Phi) is 63.1. The van der Waals surface area contributed by atoms with Crippen LogP contribution < -0.4 is 0 Å². The van der Waals surface area contributed by atoms with Crippen LogP contribution in [-0.4, -0.2) is 37.2 Å². The topological polar surface area (TPSA) is 78.9 Å². The number of hydrogen-bond donors (Lipinski definition) is 0. The second-order valence-corrected chi connectivity index (χ2v) is 23.5.